The summed E-state index contributed by atoms with van der Waals surface area (Å²) in [6.07, 6.45) is 4.84. The Morgan fingerprint density at radius 1 is 1.23 bits per heavy atom. The number of aryl methyl sites for hydroxylation is 2. The minimum Gasteiger partial charge on any atom is -0.441 e. The highest BCUT2D eigenvalue weighted by Crippen LogP contribution is 2.25. The Kier molecular flexibility index (Phi) is 6.41. The second-order valence-electron chi connectivity index (χ2n) is 7.32. The molecule has 1 aromatic carbocycles. The number of rotatable bonds is 6. The van der Waals surface area contributed by atoms with Crippen LogP contribution in [0.2, 0.25) is 0 Å². The van der Waals surface area contributed by atoms with Gasteiger partial charge in [-0.25, -0.2) is 4.98 Å². The van der Waals surface area contributed by atoms with Crippen molar-refractivity contribution in [3.8, 4) is 11.5 Å². The summed E-state index contributed by atoms with van der Waals surface area (Å²) < 4.78 is 5.81. The fourth-order valence-electron chi connectivity index (χ4n) is 3.40. The maximum Gasteiger partial charge on any atom is 0.230 e. The standard InChI is InChI=1S/C21H28N2O2S/c1-14-8-10-17(11-9-14)21-23-19(16(3)25-21)12-26-13-20(24)22-18-7-5-4-6-15(18)2/h8-11,15,18H,4-7,12-13H2,1-3H3,(H,22,24)/t15-,18+/m0/s1. The lowest BCUT2D eigenvalue weighted by atomic mass is 9.86. The SMILES string of the molecule is Cc1ccc(-c2nc(CSCC(=O)N[C@@H]3CCCC[C@@H]3C)c(C)o2)cc1. The van der Waals surface area contributed by atoms with Crippen LogP contribution in [0.5, 0.6) is 0 Å². The van der Waals surface area contributed by atoms with Crippen LogP contribution in [0, 0.1) is 19.8 Å². The van der Waals surface area contributed by atoms with E-state index in [-0.39, 0.29) is 5.91 Å². The van der Waals surface area contributed by atoms with E-state index in [1.54, 1.807) is 11.8 Å². The number of carbonyl (C=O) groups excluding carboxylic acids is 1. The zero-order valence-electron chi connectivity index (χ0n) is 15.9. The Balaban J connectivity index is 1.50. The fourth-order valence-corrected chi connectivity index (χ4v) is 4.23. The molecule has 1 heterocycles. The first kappa shape index (κ1) is 19.0. The van der Waals surface area contributed by atoms with Crippen molar-refractivity contribution in [2.75, 3.05) is 5.75 Å². The van der Waals surface area contributed by atoms with E-state index in [1.807, 2.05) is 19.1 Å². The van der Waals surface area contributed by atoms with Gasteiger partial charge in [-0.15, -0.1) is 11.8 Å². The number of amides is 1. The maximum atomic E-state index is 12.2. The van der Waals surface area contributed by atoms with E-state index in [9.17, 15) is 4.79 Å². The average molecular weight is 373 g/mol. The smallest absolute Gasteiger partial charge is 0.230 e. The summed E-state index contributed by atoms with van der Waals surface area (Å²) in [5, 5.41) is 3.20. The van der Waals surface area contributed by atoms with Gasteiger partial charge < -0.3 is 9.73 Å². The average Bonchev–Trinajstić information content (AvgIpc) is 2.98. The third-order valence-electron chi connectivity index (χ3n) is 5.12. The van der Waals surface area contributed by atoms with Crippen LogP contribution in [-0.2, 0) is 10.5 Å². The summed E-state index contributed by atoms with van der Waals surface area (Å²) in [6.45, 7) is 6.23. The molecule has 4 nitrogen and oxygen atoms in total. The van der Waals surface area contributed by atoms with E-state index in [0.717, 1.165) is 23.4 Å². The van der Waals surface area contributed by atoms with Crippen LogP contribution in [-0.4, -0.2) is 22.7 Å². The Morgan fingerprint density at radius 2 is 1.96 bits per heavy atom. The second-order valence-corrected chi connectivity index (χ2v) is 8.30. The molecular weight excluding hydrogens is 344 g/mol. The number of hydrogen-bond donors (Lipinski definition) is 1. The molecule has 1 amide bonds. The van der Waals surface area contributed by atoms with Crippen LogP contribution < -0.4 is 5.32 Å². The zero-order chi connectivity index (χ0) is 18.5. The Labute approximate surface area is 160 Å². The normalized spacial score (nSPS) is 20.1. The summed E-state index contributed by atoms with van der Waals surface area (Å²) in [7, 11) is 0. The summed E-state index contributed by atoms with van der Waals surface area (Å²) in [6, 6.07) is 8.51. The quantitative estimate of drug-likeness (QED) is 0.785. The molecule has 2 aromatic rings. The van der Waals surface area contributed by atoms with Gasteiger partial charge in [0.25, 0.3) is 0 Å². The lowest BCUT2D eigenvalue weighted by Crippen LogP contribution is -2.41. The van der Waals surface area contributed by atoms with Crippen molar-refractivity contribution in [3.63, 3.8) is 0 Å². The molecule has 1 fully saturated rings. The van der Waals surface area contributed by atoms with E-state index in [1.165, 1.54) is 24.8 Å². The maximum absolute atomic E-state index is 12.2. The van der Waals surface area contributed by atoms with Gasteiger partial charge >= 0.3 is 0 Å². The number of hydrogen-bond acceptors (Lipinski definition) is 4. The van der Waals surface area contributed by atoms with E-state index in [4.69, 9.17) is 4.42 Å². The minimum atomic E-state index is 0.133. The van der Waals surface area contributed by atoms with Gasteiger partial charge in [0.15, 0.2) is 0 Å². The molecule has 3 rings (SSSR count). The summed E-state index contributed by atoms with van der Waals surface area (Å²) in [4.78, 5) is 16.8. The monoisotopic (exact) mass is 372 g/mol. The van der Waals surface area contributed by atoms with Gasteiger partial charge in [-0.05, 0) is 44.7 Å². The molecule has 0 saturated heterocycles. The van der Waals surface area contributed by atoms with Gasteiger partial charge in [-0.3, -0.25) is 4.79 Å². The predicted octanol–water partition coefficient (Wildman–Crippen LogP) is 4.89. The summed E-state index contributed by atoms with van der Waals surface area (Å²) >= 11 is 1.59. The Bertz CT molecular complexity index is 739. The number of benzene rings is 1. The molecule has 5 heteroatoms. The third-order valence-corrected chi connectivity index (χ3v) is 6.06. The molecule has 1 saturated carbocycles. The van der Waals surface area contributed by atoms with E-state index < -0.39 is 0 Å². The van der Waals surface area contributed by atoms with Crippen molar-refractivity contribution in [1.29, 1.82) is 0 Å². The summed E-state index contributed by atoms with van der Waals surface area (Å²) in [5.41, 5.74) is 3.12. The zero-order valence-corrected chi connectivity index (χ0v) is 16.7. The van der Waals surface area contributed by atoms with Crippen molar-refractivity contribution in [2.24, 2.45) is 5.92 Å². The van der Waals surface area contributed by atoms with Crippen LogP contribution in [0.3, 0.4) is 0 Å². The highest BCUT2D eigenvalue weighted by molar-refractivity contribution is 7.99. The van der Waals surface area contributed by atoms with Crippen LogP contribution in [0.1, 0.15) is 49.6 Å². The lowest BCUT2D eigenvalue weighted by molar-refractivity contribution is -0.119. The van der Waals surface area contributed by atoms with E-state index >= 15 is 0 Å². The van der Waals surface area contributed by atoms with Gasteiger partial charge in [0.1, 0.15) is 5.76 Å². The van der Waals surface area contributed by atoms with Gasteiger partial charge in [0.2, 0.25) is 11.8 Å². The Morgan fingerprint density at radius 3 is 2.69 bits per heavy atom. The summed E-state index contributed by atoms with van der Waals surface area (Å²) in [5.74, 6) is 3.36. The topological polar surface area (TPSA) is 55.1 Å². The molecule has 0 aliphatic heterocycles. The van der Waals surface area contributed by atoms with Gasteiger partial charge in [-0.2, -0.15) is 0 Å². The van der Waals surface area contributed by atoms with Crippen LogP contribution in [0.4, 0.5) is 0 Å². The highest BCUT2D eigenvalue weighted by atomic mass is 32.2. The van der Waals surface area contributed by atoms with Crippen LogP contribution in [0.25, 0.3) is 11.5 Å². The molecule has 1 aliphatic rings. The van der Waals surface area contributed by atoms with Crippen molar-refractivity contribution in [1.82, 2.24) is 10.3 Å². The first-order valence-corrected chi connectivity index (χ1v) is 10.6. The lowest BCUT2D eigenvalue weighted by Gasteiger charge is -2.29. The minimum absolute atomic E-state index is 0.133. The van der Waals surface area contributed by atoms with Gasteiger partial charge in [-0.1, -0.05) is 37.5 Å². The van der Waals surface area contributed by atoms with Crippen LogP contribution in [0.15, 0.2) is 28.7 Å². The molecule has 0 unspecified atom stereocenters. The molecule has 26 heavy (non-hydrogen) atoms. The molecule has 1 N–H and O–H groups in total. The second kappa shape index (κ2) is 8.76. The first-order valence-electron chi connectivity index (χ1n) is 9.43. The van der Waals surface area contributed by atoms with Gasteiger partial charge in [0, 0.05) is 17.4 Å². The van der Waals surface area contributed by atoms with E-state index in [0.29, 0.717) is 29.4 Å². The van der Waals surface area contributed by atoms with Crippen molar-refractivity contribution < 1.29 is 9.21 Å². The highest BCUT2D eigenvalue weighted by Gasteiger charge is 2.22. The number of aromatic nitrogens is 1. The predicted molar refractivity (Wildman–Crippen MR) is 107 cm³/mol. The number of nitrogens with zero attached hydrogens (tertiary/aromatic N) is 1. The fraction of sp³-hybridized carbons (Fsp3) is 0.524. The van der Waals surface area contributed by atoms with Gasteiger partial charge in [0.05, 0.1) is 11.4 Å². The molecule has 0 spiro atoms. The van der Waals surface area contributed by atoms with E-state index in [2.05, 4.69) is 36.3 Å². The largest absolute Gasteiger partial charge is 0.441 e. The number of oxazole rings is 1. The third kappa shape index (κ3) is 4.91. The van der Waals surface area contributed by atoms with Crippen molar-refractivity contribution >= 4 is 17.7 Å². The molecular formula is C21H28N2O2S. The molecule has 0 bridgehead atoms. The number of carbonyl (C=O) groups is 1. The number of nitrogens with one attached hydrogen (secondary N) is 1. The Hall–Kier alpha value is -1.75. The van der Waals surface area contributed by atoms with Crippen LogP contribution >= 0.6 is 11.8 Å². The van der Waals surface area contributed by atoms with Crippen molar-refractivity contribution in [2.45, 2.75) is 58.2 Å². The molecule has 1 aliphatic carbocycles. The molecule has 0 radical (unpaired) electrons. The first-order chi connectivity index (χ1) is 12.5. The van der Waals surface area contributed by atoms with Crippen molar-refractivity contribution in [3.05, 3.63) is 41.3 Å². The molecule has 140 valence electrons. The molecule has 1 aromatic heterocycles. The molecule has 2 atom stereocenters. The number of thioether (sulfide) groups is 1.